The quantitative estimate of drug-likeness (QED) is 0.732. The Kier molecular flexibility index (Phi) is 3.25. The Morgan fingerprint density at radius 3 is 2.86 bits per heavy atom. The van der Waals surface area contributed by atoms with Gasteiger partial charge in [-0.3, -0.25) is 19.3 Å². The summed E-state index contributed by atoms with van der Waals surface area (Å²) in [5.74, 6) is -0.496. The number of nitrogens with one attached hydrogen (secondary N) is 2. The maximum atomic E-state index is 12.2. The van der Waals surface area contributed by atoms with Gasteiger partial charge in [-0.05, 0) is 12.1 Å². The van der Waals surface area contributed by atoms with Crippen molar-refractivity contribution in [3.63, 3.8) is 0 Å². The fourth-order valence-corrected chi connectivity index (χ4v) is 2.39. The minimum atomic E-state index is -0.796. The van der Waals surface area contributed by atoms with Crippen molar-refractivity contribution in [1.29, 1.82) is 0 Å². The van der Waals surface area contributed by atoms with Gasteiger partial charge in [0.05, 0.1) is 18.7 Å². The summed E-state index contributed by atoms with van der Waals surface area (Å²) in [5, 5.41) is 5.67. The number of ether oxygens (including phenoxy) is 1. The minimum Gasteiger partial charge on any atom is -0.477 e. The molecule has 21 heavy (non-hydrogen) atoms. The first-order valence-electron chi connectivity index (χ1n) is 6.66. The molecule has 3 rings (SSSR count). The molecular formula is C14H15N3O4. The molecule has 7 heteroatoms. The Morgan fingerprint density at radius 1 is 1.38 bits per heavy atom. The van der Waals surface area contributed by atoms with E-state index in [9.17, 15) is 14.4 Å². The minimum absolute atomic E-state index is 0.00217. The van der Waals surface area contributed by atoms with Crippen LogP contribution in [0, 0.1) is 0 Å². The summed E-state index contributed by atoms with van der Waals surface area (Å²) in [6.45, 7) is 0.313. The third-order valence-corrected chi connectivity index (χ3v) is 3.62. The number of rotatable bonds is 2. The average molecular weight is 289 g/mol. The van der Waals surface area contributed by atoms with E-state index in [1.807, 2.05) is 18.2 Å². The van der Waals surface area contributed by atoms with Crippen molar-refractivity contribution in [1.82, 2.24) is 10.2 Å². The SMILES string of the molecule is CN1C(=O)CC(NC(=O)C2CNc3ccccc3O2)C1=O. The highest BCUT2D eigenvalue weighted by Crippen LogP contribution is 2.28. The average Bonchev–Trinajstić information content (AvgIpc) is 2.74. The van der Waals surface area contributed by atoms with Crippen molar-refractivity contribution < 1.29 is 19.1 Å². The number of carbonyl (C=O) groups excluding carboxylic acids is 3. The van der Waals surface area contributed by atoms with Crippen LogP contribution in [-0.4, -0.2) is 48.4 Å². The Bertz CT molecular complexity index is 616. The van der Waals surface area contributed by atoms with Crippen LogP contribution in [0.4, 0.5) is 5.69 Å². The summed E-state index contributed by atoms with van der Waals surface area (Å²) in [4.78, 5) is 36.4. The first-order valence-corrected chi connectivity index (χ1v) is 6.66. The number of hydrogen-bond acceptors (Lipinski definition) is 5. The second kappa shape index (κ2) is 5.08. The number of carbonyl (C=O) groups is 3. The summed E-state index contributed by atoms with van der Waals surface area (Å²) in [6, 6.07) is 6.51. The largest absolute Gasteiger partial charge is 0.477 e. The van der Waals surface area contributed by atoms with Crippen molar-refractivity contribution in [3.8, 4) is 5.75 Å². The van der Waals surface area contributed by atoms with E-state index in [2.05, 4.69) is 10.6 Å². The number of anilines is 1. The van der Waals surface area contributed by atoms with E-state index in [4.69, 9.17) is 4.74 Å². The highest BCUT2D eigenvalue weighted by molar-refractivity contribution is 6.06. The lowest BCUT2D eigenvalue weighted by Crippen LogP contribution is -2.50. The normalized spacial score (nSPS) is 24.1. The van der Waals surface area contributed by atoms with Crippen molar-refractivity contribution in [2.75, 3.05) is 18.9 Å². The van der Waals surface area contributed by atoms with E-state index in [-0.39, 0.29) is 12.3 Å². The molecule has 1 aromatic rings. The van der Waals surface area contributed by atoms with E-state index in [0.29, 0.717) is 12.3 Å². The molecule has 3 amide bonds. The maximum Gasteiger partial charge on any atom is 0.263 e. The molecule has 2 aliphatic rings. The van der Waals surface area contributed by atoms with Gasteiger partial charge in [0.1, 0.15) is 11.8 Å². The van der Waals surface area contributed by atoms with Crippen LogP contribution < -0.4 is 15.4 Å². The number of para-hydroxylation sites is 2. The second-order valence-corrected chi connectivity index (χ2v) is 5.04. The van der Waals surface area contributed by atoms with Gasteiger partial charge in [0.15, 0.2) is 6.10 Å². The first kappa shape index (κ1) is 13.4. The number of likely N-dealkylation sites (N-methyl/N-ethyl adjacent to an activating group) is 1. The molecule has 0 aliphatic carbocycles. The lowest BCUT2D eigenvalue weighted by molar-refractivity contribution is -0.138. The van der Waals surface area contributed by atoms with Crippen LogP contribution in [0.3, 0.4) is 0 Å². The molecule has 0 spiro atoms. The van der Waals surface area contributed by atoms with Gasteiger partial charge in [0.2, 0.25) is 5.91 Å². The standard InChI is InChI=1S/C14H15N3O4/c1-17-12(18)6-9(14(17)20)16-13(19)11-7-15-8-4-2-3-5-10(8)21-11/h2-5,9,11,15H,6-7H2,1H3,(H,16,19). The summed E-state index contributed by atoms with van der Waals surface area (Å²) in [5.41, 5.74) is 0.827. The zero-order chi connectivity index (χ0) is 15.0. The molecule has 2 atom stereocenters. The van der Waals surface area contributed by atoms with Crippen molar-refractivity contribution >= 4 is 23.4 Å². The number of likely N-dealkylation sites (tertiary alicyclic amines) is 1. The van der Waals surface area contributed by atoms with Crippen LogP contribution in [0.15, 0.2) is 24.3 Å². The number of amides is 3. The monoisotopic (exact) mass is 289 g/mol. The zero-order valence-electron chi connectivity index (χ0n) is 11.5. The molecule has 0 bridgehead atoms. The molecule has 2 N–H and O–H groups in total. The van der Waals surface area contributed by atoms with E-state index in [0.717, 1.165) is 10.6 Å². The lowest BCUT2D eigenvalue weighted by atomic mass is 10.2. The summed E-state index contributed by atoms with van der Waals surface area (Å²) in [7, 11) is 1.41. The van der Waals surface area contributed by atoms with Gasteiger partial charge in [-0.15, -0.1) is 0 Å². The first-order chi connectivity index (χ1) is 10.1. The molecule has 0 saturated carbocycles. The Labute approximate surface area is 121 Å². The van der Waals surface area contributed by atoms with Crippen LogP contribution in [0.1, 0.15) is 6.42 Å². The summed E-state index contributed by atoms with van der Waals surface area (Å²) in [6.07, 6.45) is -0.730. The highest BCUT2D eigenvalue weighted by Gasteiger charge is 2.38. The Morgan fingerprint density at radius 2 is 2.14 bits per heavy atom. The van der Waals surface area contributed by atoms with E-state index < -0.39 is 24.0 Å². The van der Waals surface area contributed by atoms with Gasteiger partial charge >= 0.3 is 0 Å². The van der Waals surface area contributed by atoms with Crippen LogP contribution >= 0.6 is 0 Å². The predicted octanol–water partition coefficient (Wildman–Crippen LogP) is -0.267. The van der Waals surface area contributed by atoms with Gasteiger partial charge < -0.3 is 15.4 Å². The topological polar surface area (TPSA) is 87.7 Å². The summed E-state index contributed by atoms with van der Waals surface area (Å²) >= 11 is 0. The molecule has 0 radical (unpaired) electrons. The molecule has 1 fully saturated rings. The van der Waals surface area contributed by atoms with Crippen molar-refractivity contribution in [3.05, 3.63) is 24.3 Å². The fraction of sp³-hybridized carbons (Fsp3) is 0.357. The van der Waals surface area contributed by atoms with Crippen LogP contribution in [-0.2, 0) is 14.4 Å². The number of fused-ring (bicyclic) bond motifs is 1. The van der Waals surface area contributed by atoms with E-state index in [1.54, 1.807) is 6.07 Å². The van der Waals surface area contributed by atoms with E-state index in [1.165, 1.54) is 7.05 Å². The molecule has 110 valence electrons. The van der Waals surface area contributed by atoms with Crippen molar-refractivity contribution in [2.24, 2.45) is 0 Å². The molecule has 2 unspecified atom stereocenters. The lowest BCUT2D eigenvalue weighted by Gasteiger charge is -2.27. The van der Waals surface area contributed by atoms with Gasteiger partial charge in [-0.1, -0.05) is 12.1 Å². The number of hydrogen-bond donors (Lipinski definition) is 2. The second-order valence-electron chi connectivity index (χ2n) is 5.04. The fourth-order valence-electron chi connectivity index (χ4n) is 2.39. The Hall–Kier alpha value is -2.57. The molecule has 7 nitrogen and oxygen atoms in total. The number of benzene rings is 1. The molecule has 0 aromatic heterocycles. The molecule has 1 saturated heterocycles. The van der Waals surface area contributed by atoms with Gasteiger partial charge in [0, 0.05) is 7.05 Å². The highest BCUT2D eigenvalue weighted by atomic mass is 16.5. The number of nitrogens with zero attached hydrogens (tertiary/aromatic N) is 1. The third kappa shape index (κ3) is 2.42. The Balaban J connectivity index is 1.65. The van der Waals surface area contributed by atoms with E-state index >= 15 is 0 Å². The molecular weight excluding hydrogens is 274 g/mol. The van der Waals surface area contributed by atoms with Crippen molar-refractivity contribution in [2.45, 2.75) is 18.6 Å². The zero-order valence-corrected chi connectivity index (χ0v) is 11.5. The smallest absolute Gasteiger partial charge is 0.263 e. The summed E-state index contributed by atoms with van der Waals surface area (Å²) < 4.78 is 5.61. The van der Waals surface area contributed by atoms with Crippen LogP contribution in [0.5, 0.6) is 5.75 Å². The van der Waals surface area contributed by atoms with Gasteiger partial charge in [-0.2, -0.15) is 0 Å². The predicted molar refractivity (Wildman–Crippen MR) is 73.7 cm³/mol. The van der Waals surface area contributed by atoms with Gasteiger partial charge in [-0.25, -0.2) is 0 Å². The number of imide groups is 1. The van der Waals surface area contributed by atoms with Crippen LogP contribution in [0.25, 0.3) is 0 Å². The van der Waals surface area contributed by atoms with Crippen LogP contribution in [0.2, 0.25) is 0 Å². The molecule has 2 aliphatic heterocycles. The van der Waals surface area contributed by atoms with Gasteiger partial charge in [0.25, 0.3) is 11.8 Å². The maximum absolute atomic E-state index is 12.2. The molecule has 2 heterocycles. The third-order valence-electron chi connectivity index (χ3n) is 3.62. The molecule has 1 aromatic carbocycles.